The van der Waals surface area contributed by atoms with Gasteiger partial charge in [-0.25, -0.2) is 0 Å². The van der Waals surface area contributed by atoms with Gasteiger partial charge < -0.3 is 32.9 Å². The van der Waals surface area contributed by atoms with Crippen LogP contribution in [0.25, 0.3) is 0 Å². The third-order valence-electron chi connectivity index (χ3n) is 11.9. The first-order valence-electron chi connectivity index (χ1n) is 18.4. The van der Waals surface area contributed by atoms with E-state index in [9.17, 15) is 5.11 Å². The second-order valence-corrected chi connectivity index (χ2v) is 27.4. The molecule has 7 nitrogen and oxygen atoms in total. The molecule has 9 heteroatoms. The minimum Gasteiger partial charge on any atom is -0.414 e. The molecule has 4 rings (SSSR count). The van der Waals surface area contributed by atoms with Crippen molar-refractivity contribution in [2.45, 2.75) is 179 Å². The van der Waals surface area contributed by atoms with E-state index in [-0.39, 0.29) is 65.7 Å². The lowest BCUT2D eigenvalue weighted by molar-refractivity contribution is -0.271. The zero-order chi connectivity index (χ0) is 34.8. The van der Waals surface area contributed by atoms with Gasteiger partial charge in [0, 0.05) is 18.6 Å². The second kappa shape index (κ2) is 15.7. The van der Waals surface area contributed by atoms with Crippen LogP contribution in [0.3, 0.4) is 0 Å². The Kier molecular flexibility index (Phi) is 13.1. The summed E-state index contributed by atoms with van der Waals surface area (Å²) in [6.45, 7) is 28.5. The zero-order valence-corrected chi connectivity index (χ0v) is 33.7. The molecule has 1 N–H and O–H groups in total. The normalized spacial score (nSPS) is 32.4. The van der Waals surface area contributed by atoms with Gasteiger partial charge in [-0.05, 0) is 80.2 Å². The maximum Gasteiger partial charge on any atom is 0.192 e. The number of rotatable bonds is 12. The van der Waals surface area contributed by atoms with Gasteiger partial charge in [0.05, 0.1) is 43.2 Å². The van der Waals surface area contributed by atoms with Gasteiger partial charge in [-0.3, -0.25) is 0 Å². The number of hydrogen-bond donors (Lipinski definition) is 1. The Balaban J connectivity index is 1.59. The molecule has 0 aliphatic carbocycles. The highest BCUT2D eigenvalue weighted by atomic mass is 28.4. The van der Waals surface area contributed by atoms with Gasteiger partial charge in [0.25, 0.3) is 0 Å². The number of benzene rings is 1. The van der Waals surface area contributed by atoms with Gasteiger partial charge in [-0.2, -0.15) is 0 Å². The lowest BCUT2D eigenvalue weighted by Crippen LogP contribution is -2.50. The smallest absolute Gasteiger partial charge is 0.192 e. The molecule has 0 saturated carbocycles. The SMILES string of the molecule is C[C@@H]1C[C@@H](C[C@H](C[C@@H]2O[C@@H]3CO[C@@H](c4ccccc4)O[C@H]3CC[C@H]2O[Si](C)(C)C(C)(C)C)O[Si](C)(C)C(C)(C)C)O[C@@H]1[C@@H](C)CCO. The molecule has 270 valence electrons. The van der Waals surface area contributed by atoms with Crippen LogP contribution in [0.4, 0.5) is 0 Å². The number of aliphatic hydroxyl groups is 1. The first kappa shape index (κ1) is 39.2. The van der Waals surface area contributed by atoms with Crippen molar-refractivity contribution in [3.63, 3.8) is 0 Å². The van der Waals surface area contributed by atoms with Gasteiger partial charge in [0.1, 0.15) is 6.10 Å². The van der Waals surface area contributed by atoms with Crippen LogP contribution in [0.1, 0.15) is 106 Å². The first-order chi connectivity index (χ1) is 21.8. The summed E-state index contributed by atoms with van der Waals surface area (Å²) in [7, 11) is -4.21. The van der Waals surface area contributed by atoms with Gasteiger partial charge in [-0.1, -0.05) is 85.7 Å². The molecular formula is C38H68O7Si2. The van der Waals surface area contributed by atoms with Crippen LogP contribution in [0.15, 0.2) is 30.3 Å². The molecule has 0 aromatic heterocycles. The summed E-state index contributed by atoms with van der Waals surface area (Å²) < 4.78 is 41.2. The van der Waals surface area contributed by atoms with Crippen LogP contribution < -0.4 is 0 Å². The fraction of sp³-hybridized carbons (Fsp3) is 0.842. The van der Waals surface area contributed by atoms with E-state index >= 15 is 0 Å². The molecule has 1 aromatic rings. The predicted molar refractivity (Wildman–Crippen MR) is 195 cm³/mol. The van der Waals surface area contributed by atoms with Crippen LogP contribution in [0, 0.1) is 11.8 Å². The molecule has 10 atom stereocenters. The van der Waals surface area contributed by atoms with Crippen LogP contribution in [-0.2, 0) is 27.8 Å². The summed E-state index contributed by atoms with van der Waals surface area (Å²) in [6, 6.07) is 10.2. The van der Waals surface area contributed by atoms with Crippen molar-refractivity contribution in [1.82, 2.24) is 0 Å². The van der Waals surface area contributed by atoms with Gasteiger partial charge in [-0.15, -0.1) is 0 Å². The Labute approximate surface area is 289 Å². The van der Waals surface area contributed by atoms with E-state index in [4.69, 9.17) is 27.8 Å². The topological polar surface area (TPSA) is 75.6 Å². The van der Waals surface area contributed by atoms with E-state index in [0.717, 1.165) is 44.1 Å². The lowest BCUT2D eigenvalue weighted by Gasteiger charge is -2.44. The molecular weight excluding hydrogens is 625 g/mol. The van der Waals surface area contributed by atoms with Crippen LogP contribution in [-0.4, -0.2) is 77.7 Å². The number of ether oxygens (including phenoxy) is 4. The largest absolute Gasteiger partial charge is 0.414 e. The quantitative estimate of drug-likeness (QED) is 0.219. The standard InChI is InChI=1S/C38H68O7Si2/c1-26(20-21-39)35-27(2)22-29(41-35)23-30(44-46(9,10)37(3,4)5)24-33-32(45-47(11,12)38(6,7)8)19-18-31-34(42-33)25-40-36(43-31)28-16-14-13-15-17-28/h13-17,26-27,29-36,39H,18-25H2,1-12H3/t26-,27+,29-,30+,31-,32+,33-,34+,35+,36+/m0/s1. The van der Waals surface area contributed by atoms with Gasteiger partial charge in [0.2, 0.25) is 0 Å². The third-order valence-corrected chi connectivity index (χ3v) is 21.0. The minimum atomic E-state index is -2.11. The number of aliphatic hydroxyl groups excluding tert-OH is 1. The monoisotopic (exact) mass is 692 g/mol. The van der Waals surface area contributed by atoms with Crippen LogP contribution in [0.5, 0.6) is 0 Å². The lowest BCUT2D eigenvalue weighted by atomic mass is 9.90. The van der Waals surface area contributed by atoms with Gasteiger partial charge >= 0.3 is 0 Å². The van der Waals surface area contributed by atoms with Crippen molar-refractivity contribution in [2.75, 3.05) is 13.2 Å². The summed E-state index contributed by atoms with van der Waals surface area (Å²) in [5, 5.41) is 9.77. The number of hydrogen-bond acceptors (Lipinski definition) is 7. The van der Waals surface area contributed by atoms with Crippen molar-refractivity contribution in [1.29, 1.82) is 0 Å². The Morgan fingerprint density at radius 3 is 2.15 bits per heavy atom. The van der Waals surface area contributed by atoms with E-state index in [1.165, 1.54) is 0 Å². The summed E-state index contributed by atoms with van der Waals surface area (Å²) in [5.74, 6) is 0.781. The van der Waals surface area contributed by atoms with Crippen molar-refractivity contribution >= 4 is 16.6 Å². The summed E-state index contributed by atoms with van der Waals surface area (Å²) >= 11 is 0. The zero-order valence-electron chi connectivity index (χ0n) is 31.7. The second-order valence-electron chi connectivity index (χ2n) is 17.9. The molecule has 3 aliphatic heterocycles. The van der Waals surface area contributed by atoms with Crippen molar-refractivity contribution < 1.29 is 32.9 Å². The van der Waals surface area contributed by atoms with E-state index in [1.54, 1.807) is 0 Å². The van der Waals surface area contributed by atoms with E-state index in [2.05, 4.69) is 93.7 Å². The highest BCUT2D eigenvalue weighted by Crippen LogP contribution is 2.44. The molecule has 0 bridgehead atoms. The van der Waals surface area contributed by atoms with E-state index < -0.39 is 16.6 Å². The van der Waals surface area contributed by atoms with E-state index in [0.29, 0.717) is 18.4 Å². The molecule has 0 unspecified atom stereocenters. The van der Waals surface area contributed by atoms with Gasteiger partial charge in [0.15, 0.2) is 22.9 Å². The number of fused-ring (bicyclic) bond motifs is 1. The van der Waals surface area contributed by atoms with Crippen molar-refractivity contribution in [3.8, 4) is 0 Å². The average Bonchev–Trinajstić information content (AvgIpc) is 3.25. The first-order valence-corrected chi connectivity index (χ1v) is 24.2. The average molecular weight is 693 g/mol. The van der Waals surface area contributed by atoms with E-state index in [1.807, 2.05) is 18.2 Å². The predicted octanol–water partition coefficient (Wildman–Crippen LogP) is 9.02. The Morgan fingerprint density at radius 2 is 1.53 bits per heavy atom. The highest BCUT2D eigenvalue weighted by molar-refractivity contribution is 6.74. The summed E-state index contributed by atoms with van der Waals surface area (Å²) in [5.41, 5.74) is 1.04. The Bertz CT molecular complexity index is 1100. The maximum atomic E-state index is 9.60. The molecule has 3 heterocycles. The van der Waals surface area contributed by atoms with Crippen LogP contribution >= 0.6 is 0 Å². The molecule has 47 heavy (non-hydrogen) atoms. The fourth-order valence-electron chi connectivity index (χ4n) is 6.98. The summed E-state index contributed by atoms with van der Waals surface area (Å²) in [4.78, 5) is 0. The maximum absolute atomic E-state index is 9.60. The molecule has 0 amide bonds. The molecule has 3 aliphatic rings. The summed E-state index contributed by atoms with van der Waals surface area (Å²) in [6.07, 6.45) is 4.60. The minimum absolute atomic E-state index is 0.0189. The molecule has 0 spiro atoms. The molecule has 1 aromatic carbocycles. The third kappa shape index (κ3) is 10.0. The van der Waals surface area contributed by atoms with Crippen LogP contribution in [0.2, 0.25) is 36.3 Å². The van der Waals surface area contributed by atoms with Crippen molar-refractivity contribution in [3.05, 3.63) is 35.9 Å². The molecule has 3 fully saturated rings. The fourth-order valence-corrected chi connectivity index (χ4v) is 9.74. The molecule has 3 saturated heterocycles. The highest BCUT2D eigenvalue weighted by Gasteiger charge is 2.48. The molecule has 0 radical (unpaired) electrons. The Hall–Kier alpha value is -0.626. The Morgan fingerprint density at radius 1 is 0.872 bits per heavy atom. The van der Waals surface area contributed by atoms with Crippen molar-refractivity contribution in [2.24, 2.45) is 11.8 Å².